The van der Waals surface area contributed by atoms with Crippen LogP contribution < -0.4 is 5.73 Å². The molecule has 0 aromatic heterocycles. The standard InChI is InChI=1S/C15H21BrN2O3S/c1-11-7-14(17)5-6-18(11)15(19)10-22(20,21)9-12-3-2-4-13(16)8-12/h2-4,8,11,14H,5-7,9-10,17H2,1H3/t11-,14+/m1/s1. The van der Waals surface area contributed by atoms with Crippen molar-refractivity contribution in [3.63, 3.8) is 0 Å². The first-order chi connectivity index (χ1) is 10.3. The number of carbonyl (C=O) groups is 1. The molecule has 1 saturated heterocycles. The Morgan fingerprint density at radius 2 is 2.18 bits per heavy atom. The van der Waals surface area contributed by atoms with Gasteiger partial charge in [0.05, 0.1) is 5.75 Å². The summed E-state index contributed by atoms with van der Waals surface area (Å²) < 4.78 is 25.3. The Bertz CT molecular complexity index is 648. The monoisotopic (exact) mass is 388 g/mol. The van der Waals surface area contributed by atoms with Gasteiger partial charge in [0.25, 0.3) is 0 Å². The van der Waals surface area contributed by atoms with Crippen LogP contribution in [0.15, 0.2) is 28.7 Å². The van der Waals surface area contributed by atoms with E-state index in [9.17, 15) is 13.2 Å². The Hall–Kier alpha value is -0.920. The minimum atomic E-state index is -3.48. The number of amides is 1. The fourth-order valence-corrected chi connectivity index (χ4v) is 4.56. The number of halogens is 1. The topological polar surface area (TPSA) is 80.5 Å². The van der Waals surface area contributed by atoms with Crippen molar-refractivity contribution in [2.45, 2.75) is 37.6 Å². The molecule has 0 spiro atoms. The molecule has 0 bridgehead atoms. The van der Waals surface area contributed by atoms with E-state index in [1.54, 1.807) is 23.1 Å². The van der Waals surface area contributed by atoms with Gasteiger partial charge in [-0.25, -0.2) is 8.42 Å². The molecule has 5 nitrogen and oxygen atoms in total. The average Bonchev–Trinajstić information content (AvgIpc) is 2.36. The molecule has 22 heavy (non-hydrogen) atoms. The van der Waals surface area contributed by atoms with Crippen molar-refractivity contribution in [2.24, 2.45) is 5.73 Å². The van der Waals surface area contributed by atoms with Gasteiger partial charge in [-0.1, -0.05) is 28.1 Å². The molecule has 0 saturated carbocycles. The molecule has 122 valence electrons. The lowest BCUT2D eigenvalue weighted by atomic mass is 9.99. The molecule has 1 fully saturated rings. The summed E-state index contributed by atoms with van der Waals surface area (Å²) in [5, 5.41) is 0. The highest BCUT2D eigenvalue weighted by atomic mass is 79.9. The largest absolute Gasteiger partial charge is 0.339 e. The van der Waals surface area contributed by atoms with Crippen molar-refractivity contribution >= 4 is 31.7 Å². The van der Waals surface area contributed by atoms with Gasteiger partial charge in [0.1, 0.15) is 5.75 Å². The fourth-order valence-electron chi connectivity index (χ4n) is 2.78. The van der Waals surface area contributed by atoms with E-state index in [0.717, 1.165) is 17.3 Å². The first-order valence-electron chi connectivity index (χ1n) is 7.27. The van der Waals surface area contributed by atoms with E-state index in [4.69, 9.17) is 5.73 Å². The number of rotatable bonds is 4. The van der Waals surface area contributed by atoms with Gasteiger partial charge in [-0.3, -0.25) is 4.79 Å². The van der Waals surface area contributed by atoms with Crippen molar-refractivity contribution in [1.82, 2.24) is 4.90 Å². The SMILES string of the molecule is C[C@@H]1C[C@@H](N)CCN1C(=O)CS(=O)(=O)Cc1cccc(Br)c1. The Balaban J connectivity index is 2.00. The Kier molecular flexibility index (Phi) is 5.63. The zero-order chi connectivity index (χ0) is 16.3. The molecule has 1 aromatic rings. The number of sulfone groups is 1. The van der Waals surface area contributed by atoms with E-state index in [1.807, 2.05) is 13.0 Å². The van der Waals surface area contributed by atoms with Crippen LogP contribution in [0.4, 0.5) is 0 Å². The summed E-state index contributed by atoms with van der Waals surface area (Å²) in [4.78, 5) is 13.9. The van der Waals surface area contributed by atoms with Crippen LogP contribution in [-0.4, -0.2) is 43.6 Å². The van der Waals surface area contributed by atoms with Crippen molar-refractivity contribution in [3.05, 3.63) is 34.3 Å². The van der Waals surface area contributed by atoms with E-state index in [1.165, 1.54) is 0 Å². The van der Waals surface area contributed by atoms with Crippen LogP contribution in [0, 0.1) is 0 Å². The molecule has 2 atom stereocenters. The first-order valence-corrected chi connectivity index (χ1v) is 9.88. The highest BCUT2D eigenvalue weighted by molar-refractivity contribution is 9.10. The molecule has 2 rings (SSSR count). The van der Waals surface area contributed by atoms with E-state index in [2.05, 4.69) is 15.9 Å². The number of likely N-dealkylation sites (tertiary alicyclic amines) is 1. The molecule has 1 aliphatic heterocycles. The first kappa shape index (κ1) is 17.4. The number of piperidine rings is 1. The molecule has 1 heterocycles. The second-order valence-electron chi connectivity index (χ2n) is 5.88. The van der Waals surface area contributed by atoms with Crippen molar-refractivity contribution in [2.75, 3.05) is 12.3 Å². The quantitative estimate of drug-likeness (QED) is 0.850. The zero-order valence-electron chi connectivity index (χ0n) is 12.5. The van der Waals surface area contributed by atoms with Gasteiger partial charge in [0.15, 0.2) is 9.84 Å². The lowest BCUT2D eigenvalue weighted by Crippen LogP contribution is -2.50. The Morgan fingerprint density at radius 1 is 1.45 bits per heavy atom. The van der Waals surface area contributed by atoms with E-state index >= 15 is 0 Å². The van der Waals surface area contributed by atoms with Gasteiger partial charge >= 0.3 is 0 Å². The lowest BCUT2D eigenvalue weighted by Gasteiger charge is -2.36. The molecular weight excluding hydrogens is 368 g/mol. The van der Waals surface area contributed by atoms with Gasteiger partial charge in [-0.2, -0.15) is 0 Å². The number of carbonyl (C=O) groups excluding carboxylic acids is 1. The second kappa shape index (κ2) is 7.10. The molecule has 2 N–H and O–H groups in total. The summed E-state index contributed by atoms with van der Waals surface area (Å²) in [5.41, 5.74) is 6.55. The van der Waals surface area contributed by atoms with Crippen molar-refractivity contribution in [1.29, 1.82) is 0 Å². The summed E-state index contributed by atoms with van der Waals surface area (Å²) in [7, 11) is -3.48. The van der Waals surface area contributed by atoms with Crippen LogP contribution in [0.25, 0.3) is 0 Å². The molecule has 7 heteroatoms. The third kappa shape index (κ3) is 4.79. The number of nitrogens with zero attached hydrogens (tertiary/aromatic N) is 1. The maximum absolute atomic E-state index is 12.3. The van der Waals surface area contributed by atoms with Gasteiger partial charge in [0, 0.05) is 23.1 Å². The normalized spacial score (nSPS) is 22.6. The van der Waals surface area contributed by atoms with Crippen LogP contribution in [0.5, 0.6) is 0 Å². The number of hydrogen-bond acceptors (Lipinski definition) is 4. The highest BCUT2D eigenvalue weighted by Gasteiger charge is 2.29. The van der Waals surface area contributed by atoms with Gasteiger partial charge in [-0.05, 0) is 37.5 Å². The number of benzene rings is 1. The summed E-state index contributed by atoms with van der Waals surface area (Å²) in [6, 6.07) is 7.21. The Labute approximate surface area is 139 Å². The van der Waals surface area contributed by atoms with Crippen LogP contribution in [0.1, 0.15) is 25.3 Å². The predicted molar refractivity (Wildman–Crippen MR) is 90.0 cm³/mol. The van der Waals surface area contributed by atoms with Crippen molar-refractivity contribution in [3.8, 4) is 0 Å². The zero-order valence-corrected chi connectivity index (χ0v) is 14.9. The third-order valence-electron chi connectivity index (χ3n) is 3.86. The molecular formula is C15H21BrN2O3S. The molecule has 1 aliphatic rings. The van der Waals surface area contributed by atoms with Crippen LogP contribution >= 0.6 is 15.9 Å². The van der Waals surface area contributed by atoms with E-state index in [0.29, 0.717) is 12.1 Å². The second-order valence-corrected chi connectivity index (χ2v) is 8.86. The molecule has 1 aromatic carbocycles. The maximum atomic E-state index is 12.3. The average molecular weight is 389 g/mol. The summed E-state index contributed by atoms with van der Waals surface area (Å²) >= 11 is 3.31. The minimum absolute atomic E-state index is 0.00248. The van der Waals surface area contributed by atoms with Crippen molar-refractivity contribution < 1.29 is 13.2 Å². The van der Waals surface area contributed by atoms with E-state index < -0.39 is 15.6 Å². The Morgan fingerprint density at radius 3 is 2.82 bits per heavy atom. The predicted octanol–water partition coefficient (Wildman–Crippen LogP) is 1.70. The van der Waals surface area contributed by atoms with Gasteiger partial charge < -0.3 is 10.6 Å². The van der Waals surface area contributed by atoms with Gasteiger partial charge in [0.2, 0.25) is 5.91 Å². The summed E-state index contributed by atoms with van der Waals surface area (Å²) in [6.45, 7) is 2.45. The highest BCUT2D eigenvalue weighted by Crippen LogP contribution is 2.18. The van der Waals surface area contributed by atoms with Crippen LogP contribution in [-0.2, 0) is 20.4 Å². The molecule has 1 amide bonds. The van der Waals surface area contributed by atoms with Crippen LogP contribution in [0.3, 0.4) is 0 Å². The van der Waals surface area contributed by atoms with E-state index in [-0.39, 0.29) is 23.7 Å². The molecule has 0 radical (unpaired) electrons. The molecule has 0 aliphatic carbocycles. The van der Waals surface area contributed by atoms with Gasteiger partial charge in [-0.15, -0.1) is 0 Å². The smallest absolute Gasteiger partial charge is 0.238 e. The lowest BCUT2D eigenvalue weighted by molar-refractivity contribution is -0.131. The maximum Gasteiger partial charge on any atom is 0.238 e. The number of hydrogen-bond donors (Lipinski definition) is 1. The minimum Gasteiger partial charge on any atom is -0.339 e. The summed E-state index contributed by atoms with van der Waals surface area (Å²) in [6.07, 6.45) is 1.44. The third-order valence-corrected chi connectivity index (χ3v) is 5.81. The van der Waals surface area contributed by atoms with Crippen LogP contribution in [0.2, 0.25) is 0 Å². The molecule has 0 unspecified atom stereocenters. The summed E-state index contributed by atoms with van der Waals surface area (Å²) in [5.74, 6) is -0.895. The fraction of sp³-hybridized carbons (Fsp3) is 0.533. The number of nitrogens with two attached hydrogens (primary N) is 1.